The molecule has 2 aromatic heterocycles. The number of hydrogen-bond donors (Lipinski definition) is 0. The molecule has 0 N–H and O–H groups in total. The van der Waals surface area contributed by atoms with Gasteiger partial charge in [0.2, 0.25) is 11.2 Å². The van der Waals surface area contributed by atoms with E-state index in [1.807, 2.05) is 74.9 Å². The lowest BCUT2D eigenvalue weighted by Gasteiger charge is -2.13. The van der Waals surface area contributed by atoms with Gasteiger partial charge in [-0.15, -0.1) is 0 Å². The molecule has 0 saturated carbocycles. The summed E-state index contributed by atoms with van der Waals surface area (Å²) in [6, 6.07) is 19.9. The summed E-state index contributed by atoms with van der Waals surface area (Å²) >= 11 is 0. The minimum Gasteiger partial charge on any atom is -0.296 e. The predicted molar refractivity (Wildman–Crippen MR) is 136 cm³/mol. The molecule has 33 heavy (non-hydrogen) atoms. The van der Waals surface area contributed by atoms with Crippen LogP contribution in [0.3, 0.4) is 0 Å². The minimum atomic E-state index is -2.33. The zero-order valence-electron chi connectivity index (χ0n) is 24.4. The van der Waals surface area contributed by atoms with Crippen LogP contribution < -0.4 is 4.57 Å². The quantitative estimate of drug-likeness (QED) is 0.294. The van der Waals surface area contributed by atoms with Crippen molar-refractivity contribution in [2.24, 2.45) is 13.0 Å². The molecule has 0 aliphatic carbocycles. The Balaban J connectivity index is 1.66. The summed E-state index contributed by atoms with van der Waals surface area (Å²) < 4.78 is 46.8. The molecule has 3 heterocycles. The maximum Gasteiger partial charge on any atom is 0.213 e. The van der Waals surface area contributed by atoms with Crippen LogP contribution in [0, 0.1) is 19.7 Å². The van der Waals surface area contributed by atoms with Gasteiger partial charge in [-0.25, -0.2) is 4.98 Å². The average Bonchev–Trinajstić information content (AvgIpc) is 3.38. The van der Waals surface area contributed by atoms with E-state index >= 15 is 0 Å². The molecule has 0 amide bonds. The average molecular weight is 438 g/mol. The first-order valence-corrected chi connectivity index (χ1v) is 11.5. The first kappa shape index (κ1) is 15.4. The van der Waals surface area contributed by atoms with Crippen molar-refractivity contribution in [2.45, 2.75) is 40.4 Å². The van der Waals surface area contributed by atoms with Crippen LogP contribution in [-0.2, 0) is 19.8 Å². The summed E-state index contributed by atoms with van der Waals surface area (Å²) in [7, 11) is 1.96. The number of nitrogens with zero attached hydrogens (tertiary/aromatic N) is 3. The second kappa shape index (κ2) is 7.28. The molecule has 0 bridgehead atoms. The van der Waals surface area contributed by atoms with Gasteiger partial charge in [0.15, 0.2) is 0 Å². The Morgan fingerprint density at radius 2 is 1.94 bits per heavy atom. The molecule has 3 nitrogen and oxygen atoms in total. The Labute approximate surface area is 202 Å². The number of aromatic nitrogens is 3. The van der Waals surface area contributed by atoms with E-state index in [1.165, 1.54) is 5.56 Å². The molecule has 1 aliphatic rings. The van der Waals surface area contributed by atoms with Crippen molar-refractivity contribution >= 4 is 21.9 Å². The molecule has 0 saturated heterocycles. The van der Waals surface area contributed by atoms with Gasteiger partial charge < -0.3 is 0 Å². The Bertz CT molecular complexity index is 1760. The Morgan fingerprint density at radius 3 is 2.76 bits per heavy atom. The van der Waals surface area contributed by atoms with Gasteiger partial charge >= 0.3 is 0 Å². The highest BCUT2D eigenvalue weighted by Crippen LogP contribution is 2.37. The van der Waals surface area contributed by atoms with E-state index in [-0.39, 0.29) is 11.5 Å². The predicted octanol–water partition coefficient (Wildman–Crippen LogP) is 6.39. The zero-order chi connectivity index (χ0) is 27.1. The molecule has 0 fully saturated rings. The second-order valence-electron chi connectivity index (χ2n) is 9.28. The van der Waals surface area contributed by atoms with Gasteiger partial charge in [-0.1, -0.05) is 44.2 Å². The van der Waals surface area contributed by atoms with Crippen LogP contribution in [0.4, 0.5) is 0 Å². The third-order valence-electron chi connectivity index (χ3n) is 6.79. The first-order chi connectivity index (χ1) is 17.9. The third-order valence-corrected chi connectivity index (χ3v) is 6.79. The van der Waals surface area contributed by atoms with E-state index in [0.717, 1.165) is 39.2 Å². The normalized spacial score (nSPS) is 15.7. The summed E-state index contributed by atoms with van der Waals surface area (Å²) in [5.41, 5.74) is 7.77. The molecular formula is C30H30N3+. The van der Waals surface area contributed by atoms with Crippen molar-refractivity contribution < 1.29 is 11.4 Å². The molecule has 0 unspecified atom stereocenters. The standard InChI is InChI=1S/C30H30N3/c1-18(2)15-21-10-8-12-26-23(21)13-14-27(32(26)5)24-17-28-30(20(4)19(24)3)31-29-16-22-9-6-7-11-25(22)33(28)29/h6-14,17-18H,15-16H2,1-5H3/q+1/i4D3,15D2. The number of benzene rings is 3. The summed E-state index contributed by atoms with van der Waals surface area (Å²) in [5.74, 6) is 0.670. The van der Waals surface area contributed by atoms with E-state index in [1.54, 1.807) is 0 Å². The van der Waals surface area contributed by atoms with Gasteiger partial charge in [0.1, 0.15) is 12.9 Å². The summed E-state index contributed by atoms with van der Waals surface area (Å²) in [5, 5.41) is 0.853. The Morgan fingerprint density at radius 1 is 1.09 bits per heavy atom. The third kappa shape index (κ3) is 2.95. The fourth-order valence-corrected chi connectivity index (χ4v) is 5.19. The maximum absolute atomic E-state index is 8.71. The van der Waals surface area contributed by atoms with E-state index in [9.17, 15) is 0 Å². The Kier molecular flexibility index (Phi) is 3.39. The highest BCUT2D eigenvalue weighted by atomic mass is 15.1. The molecule has 3 aromatic carbocycles. The van der Waals surface area contributed by atoms with Crippen LogP contribution in [0.25, 0.3) is 38.9 Å². The lowest BCUT2D eigenvalue weighted by Crippen LogP contribution is -2.32. The monoisotopic (exact) mass is 437 g/mol. The van der Waals surface area contributed by atoms with Crippen LogP contribution in [0.5, 0.6) is 0 Å². The molecule has 1 aliphatic heterocycles. The number of pyridine rings is 1. The number of rotatable bonds is 3. The van der Waals surface area contributed by atoms with E-state index in [0.29, 0.717) is 23.1 Å². The molecule has 3 heteroatoms. The molecule has 0 spiro atoms. The van der Waals surface area contributed by atoms with Gasteiger partial charge in [-0.3, -0.25) is 4.57 Å². The fraction of sp³-hybridized carbons (Fsp3) is 0.267. The van der Waals surface area contributed by atoms with Crippen LogP contribution in [0.1, 0.15) is 48.8 Å². The van der Waals surface area contributed by atoms with Crippen molar-refractivity contribution in [2.75, 3.05) is 0 Å². The van der Waals surface area contributed by atoms with E-state index in [2.05, 4.69) is 22.8 Å². The highest BCUT2D eigenvalue weighted by Gasteiger charge is 2.26. The van der Waals surface area contributed by atoms with Crippen molar-refractivity contribution in [1.29, 1.82) is 0 Å². The fourth-order valence-electron chi connectivity index (χ4n) is 5.19. The van der Waals surface area contributed by atoms with Crippen molar-refractivity contribution in [1.82, 2.24) is 9.55 Å². The van der Waals surface area contributed by atoms with Gasteiger partial charge in [0.05, 0.1) is 22.3 Å². The minimum absolute atomic E-state index is 0.184. The van der Waals surface area contributed by atoms with Crippen molar-refractivity contribution in [3.05, 3.63) is 88.7 Å². The van der Waals surface area contributed by atoms with Crippen LogP contribution >= 0.6 is 0 Å². The zero-order valence-corrected chi connectivity index (χ0v) is 19.4. The number of fused-ring (bicyclic) bond motifs is 6. The lowest BCUT2D eigenvalue weighted by atomic mass is 9.95. The smallest absolute Gasteiger partial charge is 0.213 e. The maximum atomic E-state index is 8.71. The van der Waals surface area contributed by atoms with Gasteiger partial charge in [0, 0.05) is 30.8 Å². The van der Waals surface area contributed by atoms with E-state index < -0.39 is 13.2 Å². The molecular weight excluding hydrogens is 402 g/mol. The molecule has 0 atom stereocenters. The second-order valence-corrected chi connectivity index (χ2v) is 9.28. The number of hydrogen-bond acceptors (Lipinski definition) is 1. The van der Waals surface area contributed by atoms with Crippen molar-refractivity contribution in [3.63, 3.8) is 0 Å². The van der Waals surface area contributed by atoms with Crippen LogP contribution in [0.15, 0.2) is 60.7 Å². The Hall–Kier alpha value is -3.46. The molecule has 164 valence electrons. The van der Waals surface area contributed by atoms with E-state index in [4.69, 9.17) is 11.8 Å². The molecule has 6 rings (SSSR count). The van der Waals surface area contributed by atoms with Gasteiger partial charge in [-0.05, 0) is 66.5 Å². The lowest BCUT2D eigenvalue weighted by molar-refractivity contribution is -0.633. The summed E-state index contributed by atoms with van der Waals surface area (Å²) in [6.45, 7) is 3.32. The van der Waals surface area contributed by atoms with Crippen LogP contribution in [0.2, 0.25) is 0 Å². The SMILES string of the molecule is [2H]C([2H])([2H])c1c(C)c(-c2ccc3c(C([2H])([2H])C(C)C)cccc3[n+]2C)cc2c1nc1n2-c2ccccc2C1. The van der Waals surface area contributed by atoms with Gasteiger partial charge in [-0.2, -0.15) is 4.57 Å². The number of imidazole rings is 1. The number of aryl methyl sites for hydroxylation is 2. The summed E-state index contributed by atoms with van der Waals surface area (Å²) in [6.07, 6.45) is -0.813. The van der Waals surface area contributed by atoms with Crippen molar-refractivity contribution in [3.8, 4) is 16.9 Å². The first-order valence-electron chi connectivity index (χ1n) is 14.0. The number of para-hydroxylation sites is 1. The highest BCUT2D eigenvalue weighted by molar-refractivity contribution is 5.90. The molecule has 0 radical (unpaired) electrons. The topological polar surface area (TPSA) is 21.7 Å². The summed E-state index contributed by atoms with van der Waals surface area (Å²) in [4.78, 5) is 4.85. The van der Waals surface area contributed by atoms with Gasteiger partial charge in [0.25, 0.3) is 0 Å². The molecule has 5 aromatic rings. The largest absolute Gasteiger partial charge is 0.296 e. The van der Waals surface area contributed by atoms with Crippen LogP contribution in [-0.4, -0.2) is 9.55 Å².